The highest BCUT2D eigenvalue weighted by atomic mass is 16.3. The van der Waals surface area contributed by atoms with E-state index in [-0.39, 0.29) is 0 Å². The first kappa shape index (κ1) is 12.5. The first-order chi connectivity index (χ1) is 9.19. The van der Waals surface area contributed by atoms with Gasteiger partial charge in [-0.25, -0.2) is 4.98 Å². The van der Waals surface area contributed by atoms with Crippen molar-refractivity contribution in [1.82, 2.24) is 9.55 Å². The molecule has 0 saturated heterocycles. The number of hydrogen-bond donors (Lipinski definition) is 2. The van der Waals surface area contributed by atoms with Crippen LogP contribution in [0.1, 0.15) is 25.1 Å². The Morgan fingerprint density at radius 2 is 2.16 bits per heavy atom. The summed E-state index contributed by atoms with van der Waals surface area (Å²) in [4.78, 5) is 4.59. The van der Waals surface area contributed by atoms with Gasteiger partial charge < -0.3 is 15.4 Å². The van der Waals surface area contributed by atoms with Crippen LogP contribution in [0.25, 0.3) is 11.0 Å². The fourth-order valence-electron chi connectivity index (χ4n) is 3.33. The third-order valence-electron chi connectivity index (χ3n) is 4.43. The molecule has 2 atom stereocenters. The van der Waals surface area contributed by atoms with E-state index in [2.05, 4.69) is 9.55 Å². The number of nitrogen functional groups attached to an aromatic ring is 1. The lowest BCUT2D eigenvalue weighted by Crippen LogP contribution is -2.18. The SMILES string of the molecule is Cc1nc2cc(N)ccc2n1CC1CCCC1CO. The second-order valence-corrected chi connectivity index (χ2v) is 5.65. The van der Waals surface area contributed by atoms with Gasteiger partial charge in [0.15, 0.2) is 0 Å². The zero-order valence-corrected chi connectivity index (χ0v) is 11.3. The van der Waals surface area contributed by atoms with Gasteiger partial charge in [-0.15, -0.1) is 0 Å². The Morgan fingerprint density at radius 3 is 2.95 bits per heavy atom. The van der Waals surface area contributed by atoms with E-state index in [4.69, 9.17) is 5.73 Å². The standard InChI is InChI=1S/C15H21N3O/c1-10-17-14-7-13(16)5-6-15(14)18(10)8-11-3-2-4-12(11)9-19/h5-7,11-12,19H,2-4,8-9,16H2,1H3. The van der Waals surface area contributed by atoms with Gasteiger partial charge in [0.05, 0.1) is 11.0 Å². The van der Waals surface area contributed by atoms with Gasteiger partial charge in [0.25, 0.3) is 0 Å². The van der Waals surface area contributed by atoms with E-state index < -0.39 is 0 Å². The molecule has 1 heterocycles. The number of benzene rings is 1. The summed E-state index contributed by atoms with van der Waals surface area (Å²) >= 11 is 0. The van der Waals surface area contributed by atoms with E-state index in [0.29, 0.717) is 18.4 Å². The molecule has 1 fully saturated rings. The first-order valence-electron chi connectivity index (χ1n) is 7.02. The second kappa shape index (κ2) is 4.85. The molecule has 0 radical (unpaired) electrons. The molecule has 0 spiro atoms. The van der Waals surface area contributed by atoms with Crippen molar-refractivity contribution in [3.63, 3.8) is 0 Å². The highest BCUT2D eigenvalue weighted by Gasteiger charge is 2.27. The number of nitrogens with two attached hydrogens (primary N) is 1. The van der Waals surface area contributed by atoms with Crippen molar-refractivity contribution in [1.29, 1.82) is 0 Å². The van der Waals surface area contributed by atoms with Crippen LogP contribution in [0.3, 0.4) is 0 Å². The lowest BCUT2D eigenvalue weighted by molar-refractivity contribution is 0.185. The van der Waals surface area contributed by atoms with Gasteiger partial charge in [-0.1, -0.05) is 6.42 Å². The molecular weight excluding hydrogens is 238 g/mol. The van der Waals surface area contributed by atoms with Crippen molar-refractivity contribution < 1.29 is 5.11 Å². The number of aryl methyl sites for hydroxylation is 1. The summed E-state index contributed by atoms with van der Waals surface area (Å²) in [6.45, 7) is 3.31. The van der Waals surface area contributed by atoms with Crippen LogP contribution < -0.4 is 5.73 Å². The van der Waals surface area contributed by atoms with Gasteiger partial charge in [-0.2, -0.15) is 0 Å². The smallest absolute Gasteiger partial charge is 0.106 e. The maximum absolute atomic E-state index is 9.44. The third kappa shape index (κ3) is 2.21. The van der Waals surface area contributed by atoms with Crippen molar-refractivity contribution in [2.75, 3.05) is 12.3 Å². The summed E-state index contributed by atoms with van der Waals surface area (Å²) in [5.74, 6) is 2.05. The topological polar surface area (TPSA) is 64.1 Å². The molecule has 1 aromatic carbocycles. The van der Waals surface area contributed by atoms with Gasteiger partial charge in [0.2, 0.25) is 0 Å². The highest BCUT2D eigenvalue weighted by Crippen LogP contribution is 2.33. The lowest BCUT2D eigenvalue weighted by Gasteiger charge is -2.19. The highest BCUT2D eigenvalue weighted by molar-refractivity contribution is 5.79. The van der Waals surface area contributed by atoms with E-state index in [9.17, 15) is 5.11 Å². The Bertz CT molecular complexity index is 590. The number of aromatic nitrogens is 2. The van der Waals surface area contributed by atoms with Crippen LogP contribution >= 0.6 is 0 Å². The minimum atomic E-state index is 0.309. The van der Waals surface area contributed by atoms with E-state index in [1.165, 1.54) is 12.8 Å². The first-order valence-corrected chi connectivity index (χ1v) is 7.02. The molecular formula is C15H21N3O. The average molecular weight is 259 g/mol. The van der Waals surface area contributed by atoms with Crippen molar-refractivity contribution in [2.24, 2.45) is 11.8 Å². The van der Waals surface area contributed by atoms with Crippen molar-refractivity contribution in [2.45, 2.75) is 32.7 Å². The van der Waals surface area contributed by atoms with Crippen LogP contribution in [0, 0.1) is 18.8 Å². The Morgan fingerprint density at radius 1 is 1.37 bits per heavy atom. The molecule has 2 aromatic rings. The Balaban J connectivity index is 1.94. The summed E-state index contributed by atoms with van der Waals surface area (Å²) in [6.07, 6.45) is 3.59. The Labute approximate surface area is 113 Å². The van der Waals surface area contributed by atoms with Crippen LogP contribution in [0.5, 0.6) is 0 Å². The lowest BCUT2D eigenvalue weighted by atomic mass is 9.97. The predicted molar refractivity (Wildman–Crippen MR) is 76.8 cm³/mol. The number of rotatable bonds is 3. The number of anilines is 1. The number of aliphatic hydroxyl groups is 1. The fourth-order valence-corrected chi connectivity index (χ4v) is 3.33. The third-order valence-corrected chi connectivity index (χ3v) is 4.43. The van der Waals surface area contributed by atoms with E-state index in [1.807, 2.05) is 25.1 Å². The largest absolute Gasteiger partial charge is 0.399 e. The summed E-state index contributed by atoms with van der Waals surface area (Å²) in [5, 5.41) is 9.44. The van der Waals surface area contributed by atoms with Gasteiger partial charge in [-0.05, 0) is 49.8 Å². The van der Waals surface area contributed by atoms with E-state index in [1.54, 1.807) is 0 Å². The average Bonchev–Trinajstić information content (AvgIpc) is 2.95. The fraction of sp³-hybridized carbons (Fsp3) is 0.533. The number of fused-ring (bicyclic) bond motifs is 1. The Hall–Kier alpha value is -1.55. The molecule has 2 unspecified atom stereocenters. The van der Waals surface area contributed by atoms with E-state index >= 15 is 0 Å². The molecule has 1 saturated carbocycles. The molecule has 0 aliphatic heterocycles. The van der Waals surface area contributed by atoms with Crippen molar-refractivity contribution in [3.05, 3.63) is 24.0 Å². The summed E-state index contributed by atoms with van der Waals surface area (Å²) in [7, 11) is 0. The number of nitrogens with zero attached hydrogens (tertiary/aromatic N) is 2. The molecule has 3 N–H and O–H groups in total. The molecule has 0 bridgehead atoms. The van der Waals surface area contributed by atoms with Crippen LogP contribution in [0.4, 0.5) is 5.69 Å². The monoisotopic (exact) mass is 259 g/mol. The van der Waals surface area contributed by atoms with Crippen LogP contribution in [-0.4, -0.2) is 21.3 Å². The zero-order valence-electron chi connectivity index (χ0n) is 11.3. The molecule has 102 valence electrons. The number of hydrogen-bond acceptors (Lipinski definition) is 3. The molecule has 4 heteroatoms. The maximum atomic E-state index is 9.44. The summed E-state index contributed by atoms with van der Waals surface area (Å²) in [6, 6.07) is 5.91. The Kier molecular flexibility index (Phi) is 3.19. The van der Waals surface area contributed by atoms with Gasteiger partial charge in [0.1, 0.15) is 5.82 Å². The number of imidazole rings is 1. The van der Waals surface area contributed by atoms with Gasteiger partial charge in [0, 0.05) is 18.8 Å². The molecule has 0 amide bonds. The summed E-state index contributed by atoms with van der Waals surface area (Å²) in [5.41, 5.74) is 8.68. The maximum Gasteiger partial charge on any atom is 0.106 e. The molecule has 1 aliphatic carbocycles. The van der Waals surface area contributed by atoms with E-state index in [0.717, 1.165) is 35.5 Å². The quantitative estimate of drug-likeness (QED) is 0.832. The van der Waals surface area contributed by atoms with Crippen molar-refractivity contribution in [3.8, 4) is 0 Å². The minimum absolute atomic E-state index is 0.309. The predicted octanol–water partition coefficient (Wildman–Crippen LogP) is 2.34. The molecule has 3 rings (SSSR count). The normalized spacial score (nSPS) is 23.3. The van der Waals surface area contributed by atoms with Gasteiger partial charge in [-0.3, -0.25) is 0 Å². The van der Waals surface area contributed by atoms with Crippen LogP contribution in [0.2, 0.25) is 0 Å². The van der Waals surface area contributed by atoms with Crippen LogP contribution in [-0.2, 0) is 6.54 Å². The molecule has 4 nitrogen and oxygen atoms in total. The molecule has 1 aromatic heterocycles. The van der Waals surface area contributed by atoms with Gasteiger partial charge >= 0.3 is 0 Å². The molecule has 19 heavy (non-hydrogen) atoms. The second-order valence-electron chi connectivity index (χ2n) is 5.65. The van der Waals surface area contributed by atoms with Crippen LogP contribution in [0.15, 0.2) is 18.2 Å². The molecule has 1 aliphatic rings. The zero-order chi connectivity index (χ0) is 13.4. The minimum Gasteiger partial charge on any atom is -0.399 e. The number of aliphatic hydroxyl groups excluding tert-OH is 1. The summed E-state index contributed by atoms with van der Waals surface area (Å²) < 4.78 is 2.27. The van der Waals surface area contributed by atoms with Crippen molar-refractivity contribution >= 4 is 16.7 Å².